The van der Waals surface area contributed by atoms with Gasteiger partial charge in [-0.3, -0.25) is 14.4 Å². The molecule has 1 spiro atoms. The molecule has 1 saturated heterocycles. The molecule has 230 valence electrons. The van der Waals surface area contributed by atoms with Gasteiger partial charge in [0, 0.05) is 28.0 Å². The lowest BCUT2D eigenvalue weighted by Crippen LogP contribution is -2.51. The zero-order valence-electron chi connectivity index (χ0n) is 25.7. The van der Waals surface area contributed by atoms with E-state index in [1.807, 2.05) is 114 Å². The van der Waals surface area contributed by atoms with Crippen molar-refractivity contribution in [2.75, 3.05) is 4.90 Å². The number of carbonyl (C=O) groups is 3. The van der Waals surface area contributed by atoms with E-state index >= 15 is 9.59 Å². The predicted octanol–water partition coefficient (Wildman–Crippen LogP) is 8.22. The minimum Gasteiger partial charge on any atom is -0.358 e. The third-order valence-corrected chi connectivity index (χ3v) is 10.2. The fourth-order valence-electron chi connectivity index (χ4n) is 8.01. The molecule has 0 aliphatic carbocycles. The molecular weight excluding hydrogens is 604 g/mol. The third-order valence-electron chi connectivity index (χ3n) is 9.98. The van der Waals surface area contributed by atoms with Crippen LogP contribution < -0.4 is 4.90 Å². The van der Waals surface area contributed by atoms with Crippen molar-refractivity contribution in [1.29, 1.82) is 0 Å². The molecule has 1 unspecified atom stereocenters. The van der Waals surface area contributed by atoms with E-state index in [1.54, 1.807) is 36.4 Å². The van der Waals surface area contributed by atoms with E-state index in [9.17, 15) is 4.79 Å². The van der Waals surface area contributed by atoms with Crippen LogP contribution in [0.1, 0.15) is 54.6 Å². The Kier molecular flexibility index (Phi) is 6.96. The van der Waals surface area contributed by atoms with Crippen LogP contribution in [-0.2, 0) is 16.8 Å². The molecule has 0 bridgehead atoms. The smallest absolute Gasteiger partial charge is 0.241 e. The van der Waals surface area contributed by atoms with Gasteiger partial charge in [-0.1, -0.05) is 114 Å². The summed E-state index contributed by atoms with van der Waals surface area (Å²) in [5.41, 5.74) is 4.84. The van der Waals surface area contributed by atoms with Gasteiger partial charge >= 0.3 is 0 Å². The van der Waals surface area contributed by atoms with Crippen LogP contribution in [0.3, 0.4) is 0 Å². The van der Waals surface area contributed by atoms with Crippen molar-refractivity contribution in [3.05, 3.63) is 178 Å². The van der Waals surface area contributed by atoms with E-state index in [-0.39, 0.29) is 17.5 Å². The van der Waals surface area contributed by atoms with E-state index in [2.05, 4.69) is 6.07 Å². The number of hydrogen-bond acceptors (Lipinski definition) is 4. The van der Waals surface area contributed by atoms with Crippen molar-refractivity contribution in [2.45, 2.75) is 31.0 Å². The molecule has 47 heavy (non-hydrogen) atoms. The molecule has 1 amide bonds. The first kappa shape index (κ1) is 29.2. The van der Waals surface area contributed by atoms with E-state index in [0.717, 1.165) is 33.5 Å². The van der Waals surface area contributed by atoms with Gasteiger partial charge in [-0.25, -0.2) is 0 Å². The van der Waals surface area contributed by atoms with Crippen LogP contribution in [0.2, 0.25) is 5.02 Å². The van der Waals surface area contributed by atoms with Crippen LogP contribution >= 0.6 is 11.6 Å². The van der Waals surface area contributed by atoms with E-state index in [1.165, 1.54) is 0 Å². The molecule has 3 aliphatic heterocycles. The summed E-state index contributed by atoms with van der Waals surface area (Å²) in [4.78, 5) is 49.5. The second-order valence-electron chi connectivity index (χ2n) is 12.6. The molecule has 5 aromatic rings. The van der Waals surface area contributed by atoms with Crippen molar-refractivity contribution in [3.8, 4) is 0 Å². The van der Waals surface area contributed by atoms with Crippen LogP contribution in [0.5, 0.6) is 0 Å². The van der Waals surface area contributed by atoms with Gasteiger partial charge < -0.3 is 9.80 Å². The Morgan fingerprint density at radius 2 is 1.43 bits per heavy atom. The first-order valence-electron chi connectivity index (χ1n) is 15.8. The summed E-state index contributed by atoms with van der Waals surface area (Å²) in [6.07, 6.45) is 3.90. The van der Waals surface area contributed by atoms with Gasteiger partial charge in [-0.15, -0.1) is 0 Å². The number of hydrogen-bond donors (Lipinski definition) is 0. The Balaban J connectivity index is 1.44. The third kappa shape index (κ3) is 4.41. The fraction of sp³-hybridized carbons (Fsp3) is 0.146. The molecule has 6 heteroatoms. The van der Waals surface area contributed by atoms with Gasteiger partial charge in [0.1, 0.15) is 11.5 Å². The van der Waals surface area contributed by atoms with Crippen molar-refractivity contribution in [1.82, 2.24) is 4.90 Å². The molecule has 3 aliphatic rings. The Bertz CT molecular complexity index is 2080. The summed E-state index contributed by atoms with van der Waals surface area (Å²) in [5, 5.41) is 0.501. The fourth-order valence-corrected chi connectivity index (χ4v) is 8.13. The van der Waals surface area contributed by atoms with Crippen LogP contribution in [0, 0.1) is 12.8 Å². The first-order chi connectivity index (χ1) is 22.9. The lowest BCUT2D eigenvalue weighted by Gasteiger charge is -2.39. The summed E-state index contributed by atoms with van der Waals surface area (Å²) < 4.78 is 0. The summed E-state index contributed by atoms with van der Waals surface area (Å²) in [7, 11) is 0. The topological polar surface area (TPSA) is 57.7 Å². The monoisotopic (exact) mass is 634 g/mol. The zero-order chi connectivity index (χ0) is 32.3. The number of nitrogens with zero attached hydrogens (tertiary/aromatic N) is 2. The summed E-state index contributed by atoms with van der Waals surface area (Å²) in [5.74, 6) is -1.70. The maximum Gasteiger partial charge on any atom is 0.241 e. The number of fused-ring (bicyclic) bond motifs is 6. The first-order valence-corrected chi connectivity index (χ1v) is 16.2. The van der Waals surface area contributed by atoms with E-state index in [4.69, 9.17) is 11.6 Å². The number of aryl methyl sites for hydroxylation is 1. The number of ketones is 2. The number of Topliss-reactive ketones (excluding diaryl/α,β-unsaturated/α-hetero) is 2. The van der Waals surface area contributed by atoms with Crippen molar-refractivity contribution in [3.63, 3.8) is 0 Å². The van der Waals surface area contributed by atoms with Crippen LogP contribution in [0.4, 0.5) is 5.69 Å². The van der Waals surface area contributed by atoms with Crippen LogP contribution in [-0.4, -0.2) is 28.4 Å². The van der Waals surface area contributed by atoms with Gasteiger partial charge in [0.15, 0.2) is 11.6 Å². The minimum atomic E-state index is -1.41. The van der Waals surface area contributed by atoms with Gasteiger partial charge in [0.2, 0.25) is 5.91 Å². The molecular formula is C41H31ClN2O3. The predicted molar refractivity (Wildman–Crippen MR) is 184 cm³/mol. The second-order valence-corrected chi connectivity index (χ2v) is 13.0. The van der Waals surface area contributed by atoms with Gasteiger partial charge in [-0.05, 0) is 65.6 Å². The normalized spacial score (nSPS) is 22.3. The number of benzene rings is 5. The van der Waals surface area contributed by atoms with Gasteiger partial charge in [0.05, 0.1) is 18.5 Å². The van der Waals surface area contributed by atoms with Crippen molar-refractivity contribution >= 4 is 40.8 Å². The highest BCUT2D eigenvalue weighted by Gasteiger charge is 2.72. The molecule has 8 rings (SSSR count). The number of anilines is 1. The molecule has 4 atom stereocenters. The lowest BCUT2D eigenvalue weighted by atomic mass is 9.62. The van der Waals surface area contributed by atoms with E-state index in [0.29, 0.717) is 22.7 Å². The van der Waals surface area contributed by atoms with Crippen molar-refractivity contribution < 1.29 is 14.4 Å². The maximum atomic E-state index is 15.7. The Morgan fingerprint density at radius 1 is 0.766 bits per heavy atom. The standard InChI is InChI=1S/C41H31ClN2O3/c1-26-16-21-34-33(24-26)41(40(47)44(34)25-27-10-4-2-5-11-27)35(37(45)30-17-19-31(42)20-18-30)36(38(46)29-13-6-3-7-14-29)43-23-22-28-12-8-9-15-32(28)39(41)43/h2-24,35-36,39H,25H2,1H3/t35-,36-,39?,41-/m0/s1. The SMILES string of the molecule is Cc1ccc2c(c1)[C@@]1(C(=O)N2Cc2ccccc2)C2c3ccccc3C=CN2[C@H](C(=O)c2ccccc2)[C@H]1C(=O)c1ccc(Cl)cc1. The van der Waals surface area contributed by atoms with Crippen LogP contribution in [0.25, 0.3) is 6.08 Å². The number of halogens is 1. The highest BCUT2D eigenvalue weighted by molar-refractivity contribution is 6.30. The second kappa shape index (κ2) is 11.2. The minimum absolute atomic E-state index is 0.183. The van der Waals surface area contributed by atoms with Gasteiger partial charge in [0.25, 0.3) is 0 Å². The molecule has 1 fully saturated rings. The molecule has 0 aromatic heterocycles. The Hall–Kier alpha value is -5.26. The highest BCUT2D eigenvalue weighted by atomic mass is 35.5. The molecule has 0 N–H and O–H groups in total. The molecule has 5 aromatic carbocycles. The lowest BCUT2D eigenvalue weighted by molar-refractivity contribution is -0.125. The largest absolute Gasteiger partial charge is 0.358 e. The average molecular weight is 635 g/mol. The summed E-state index contributed by atoms with van der Waals surface area (Å²) in [6, 6.07) is 38.2. The Labute approximate surface area is 278 Å². The summed E-state index contributed by atoms with van der Waals surface area (Å²) in [6.45, 7) is 2.34. The summed E-state index contributed by atoms with van der Waals surface area (Å²) >= 11 is 6.27. The maximum absolute atomic E-state index is 15.7. The average Bonchev–Trinajstić information content (AvgIpc) is 3.54. The molecule has 3 heterocycles. The van der Waals surface area contributed by atoms with Crippen molar-refractivity contribution in [2.24, 2.45) is 5.92 Å². The number of rotatable bonds is 6. The molecule has 0 saturated carbocycles. The number of amides is 1. The van der Waals surface area contributed by atoms with Gasteiger partial charge in [-0.2, -0.15) is 0 Å². The highest BCUT2D eigenvalue weighted by Crippen LogP contribution is 2.64. The number of carbonyl (C=O) groups excluding carboxylic acids is 3. The Morgan fingerprint density at radius 3 is 2.17 bits per heavy atom. The quantitative estimate of drug-likeness (QED) is 0.177. The van der Waals surface area contributed by atoms with Crippen LogP contribution in [0.15, 0.2) is 134 Å². The van der Waals surface area contributed by atoms with E-state index < -0.39 is 23.4 Å². The molecule has 5 nitrogen and oxygen atoms in total. The zero-order valence-corrected chi connectivity index (χ0v) is 26.5. The molecule has 0 radical (unpaired) electrons.